The quantitative estimate of drug-likeness (QED) is 0.734. The summed E-state index contributed by atoms with van der Waals surface area (Å²) in [5.74, 6) is 1.86. The number of benzene rings is 2. The minimum Gasteiger partial charge on any atom is -0.497 e. The van der Waals surface area contributed by atoms with Crippen molar-refractivity contribution >= 4 is 22.6 Å². The van der Waals surface area contributed by atoms with E-state index >= 15 is 0 Å². The number of para-hydroxylation sites is 1. The van der Waals surface area contributed by atoms with E-state index < -0.39 is 0 Å². The topological polar surface area (TPSA) is 76.2 Å². The van der Waals surface area contributed by atoms with E-state index in [2.05, 4.69) is 15.5 Å². The first-order valence-corrected chi connectivity index (χ1v) is 7.26. The van der Waals surface area contributed by atoms with E-state index in [-0.39, 0.29) is 12.3 Å². The molecule has 6 nitrogen and oxygen atoms in total. The standard InChI is InChI=1S/C17H17N3O3/c1-22-12-6-8-13(9-7-12)23-11-10-16(21)18-17-14-4-2-3-5-15(14)19-20-17/h2-9H,10-11H2,1H3,(H2,18,19,20,21). The minimum atomic E-state index is -0.143. The lowest BCUT2D eigenvalue weighted by atomic mass is 10.2. The lowest BCUT2D eigenvalue weighted by Gasteiger charge is -2.07. The molecule has 0 aliphatic carbocycles. The summed E-state index contributed by atoms with van der Waals surface area (Å²) in [6, 6.07) is 14.9. The lowest BCUT2D eigenvalue weighted by molar-refractivity contribution is -0.116. The van der Waals surface area contributed by atoms with E-state index in [0.717, 1.165) is 16.7 Å². The van der Waals surface area contributed by atoms with Crippen LogP contribution in [0.15, 0.2) is 48.5 Å². The van der Waals surface area contributed by atoms with Gasteiger partial charge >= 0.3 is 0 Å². The molecule has 0 aliphatic heterocycles. The number of nitrogens with zero attached hydrogens (tertiary/aromatic N) is 1. The Bertz CT molecular complexity index is 796. The first-order chi connectivity index (χ1) is 11.3. The molecule has 3 rings (SSSR count). The number of aromatic nitrogens is 2. The molecule has 6 heteroatoms. The number of nitrogens with one attached hydrogen (secondary N) is 2. The minimum absolute atomic E-state index is 0.143. The van der Waals surface area contributed by atoms with E-state index in [4.69, 9.17) is 9.47 Å². The summed E-state index contributed by atoms with van der Waals surface area (Å²) in [6.07, 6.45) is 0.243. The molecule has 1 amide bonds. The Kier molecular flexibility index (Phi) is 4.42. The fraction of sp³-hybridized carbons (Fsp3) is 0.176. The first-order valence-electron chi connectivity index (χ1n) is 7.26. The lowest BCUT2D eigenvalue weighted by Crippen LogP contribution is -2.15. The van der Waals surface area contributed by atoms with Crippen molar-refractivity contribution in [3.8, 4) is 11.5 Å². The van der Waals surface area contributed by atoms with Gasteiger partial charge in [-0.2, -0.15) is 5.10 Å². The number of ether oxygens (including phenoxy) is 2. The molecule has 0 aliphatic rings. The zero-order valence-electron chi connectivity index (χ0n) is 12.7. The van der Waals surface area contributed by atoms with Gasteiger partial charge in [0.15, 0.2) is 5.82 Å². The van der Waals surface area contributed by atoms with Gasteiger partial charge < -0.3 is 14.8 Å². The van der Waals surface area contributed by atoms with E-state index in [1.807, 2.05) is 36.4 Å². The number of methoxy groups -OCH3 is 1. The number of H-pyrrole nitrogens is 1. The average Bonchev–Trinajstić information content (AvgIpc) is 2.99. The monoisotopic (exact) mass is 311 g/mol. The van der Waals surface area contributed by atoms with Crippen molar-refractivity contribution in [2.75, 3.05) is 19.0 Å². The second-order valence-corrected chi connectivity index (χ2v) is 4.94. The van der Waals surface area contributed by atoms with Crippen molar-refractivity contribution < 1.29 is 14.3 Å². The second kappa shape index (κ2) is 6.83. The Balaban J connectivity index is 1.51. The van der Waals surface area contributed by atoms with E-state index in [1.165, 1.54) is 0 Å². The molecular weight excluding hydrogens is 294 g/mol. The van der Waals surface area contributed by atoms with E-state index in [9.17, 15) is 4.79 Å². The summed E-state index contributed by atoms with van der Waals surface area (Å²) in [7, 11) is 1.61. The number of carbonyl (C=O) groups excluding carboxylic acids is 1. The molecule has 0 spiro atoms. The predicted octanol–water partition coefficient (Wildman–Crippen LogP) is 2.98. The molecule has 23 heavy (non-hydrogen) atoms. The van der Waals surface area contributed by atoms with Crippen molar-refractivity contribution in [3.05, 3.63) is 48.5 Å². The molecular formula is C17H17N3O3. The van der Waals surface area contributed by atoms with E-state index in [1.54, 1.807) is 19.2 Å². The van der Waals surface area contributed by atoms with Crippen LogP contribution < -0.4 is 14.8 Å². The van der Waals surface area contributed by atoms with Gasteiger partial charge in [-0.15, -0.1) is 0 Å². The van der Waals surface area contributed by atoms with Crippen LogP contribution in [0.5, 0.6) is 11.5 Å². The zero-order valence-corrected chi connectivity index (χ0v) is 12.7. The largest absolute Gasteiger partial charge is 0.497 e. The molecule has 0 saturated carbocycles. The van der Waals surface area contributed by atoms with Crippen molar-refractivity contribution in [2.24, 2.45) is 0 Å². The zero-order chi connectivity index (χ0) is 16.1. The van der Waals surface area contributed by atoms with Crippen LogP contribution in [0.3, 0.4) is 0 Å². The smallest absolute Gasteiger partial charge is 0.229 e. The molecule has 118 valence electrons. The molecule has 0 fully saturated rings. The van der Waals surface area contributed by atoms with Gasteiger partial charge in [-0.1, -0.05) is 12.1 Å². The van der Waals surface area contributed by atoms with Crippen LogP contribution in [0.1, 0.15) is 6.42 Å². The van der Waals surface area contributed by atoms with Gasteiger partial charge in [-0.3, -0.25) is 9.89 Å². The van der Waals surface area contributed by atoms with Crippen molar-refractivity contribution in [2.45, 2.75) is 6.42 Å². The van der Waals surface area contributed by atoms with Crippen LogP contribution in [0.2, 0.25) is 0 Å². The number of carbonyl (C=O) groups is 1. The molecule has 1 heterocycles. The number of rotatable bonds is 6. The highest BCUT2D eigenvalue weighted by Crippen LogP contribution is 2.20. The second-order valence-electron chi connectivity index (χ2n) is 4.94. The Morgan fingerprint density at radius 1 is 1.13 bits per heavy atom. The highest BCUT2D eigenvalue weighted by Gasteiger charge is 2.09. The Labute approximate surface area is 133 Å². The summed E-state index contributed by atoms with van der Waals surface area (Å²) in [5.41, 5.74) is 0.886. The maximum Gasteiger partial charge on any atom is 0.229 e. The third-order valence-corrected chi connectivity index (χ3v) is 3.39. The number of amides is 1. The van der Waals surface area contributed by atoms with Gasteiger partial charge in [-0.25, -0.2) is 0 Å². The van der Waals surface area contributed by atoms with Gasteiger partial charge in [0.1, 0.15) is 11.5 Å². The number of hydrogen-bond donors (Lipinski definition) is 2. The van der Waals surface area contributed by atoms with Crippen LogP contribution in [0.4, 0.5) is 5.82 Å². The molecule has 3 aromatic rings. The van der Waals surface area contributed by atoms with Gasteiger partial charge in [0.2, 0.25) is 5.91 Å². The number of anilines is 1. The Morgan fingerprint density at radius 3 is 2.65 bits per heavy atom. The normalized spacial score (nSPS) is 10.5. The van der Waals surface area contributed by atoms with Gasteiger partial charge in [0.05, 0.1) is 25.7 Å². The molecule has 2 aromatic carbocycles. The molecule has 0 bridgehead atoms. The van der Waals surface area contributed by atoms with Crippen LogP contribution >= 0.6 is 0 Å². The van der Waals surface area contributed by atoms with Crippen LogP contribution in [-0.4, -0.2) is 29.8 Å². The maximum absolute atomic E-state index is 12.0. The fourth-order valence-corrected chi connectivity index (χ4v) is 2.19. The van der Waals surface area contributed by atoms with Crippen molar-refractivity contribution in [1.82, 2.24) is 10.2 Å². The van der Waals surface area contributed by atoms with E-state index in [0.29, 0.717) is 18.2 Å². The average molecular weight is 311 g/mol. The Morgan fingerprint density at radius 2 is 1.87 bits per heavy atom. The Hall–Kier alpha value is -3.02. The van der Waals surface area contributed by atoms with Crippen LogP contribution in [0, 0.1) is 0 Å². The van der Waals surface area contributed by atoms with Crippen LogP contribution in [0.25, 0.3) is 10.9 Å². The molecule has 0 unspecified atom stereocenters. The molecule has 2 N–H and O–H groups in total. The fourth-order valence-electron chi connectivity index (χ4n) is 2.19. The SMILES string of the molecule is COc1ccc(OCCC(=O)Nc2n[nH]c3ccccc23)cc1. The summed E-state index contributed by atoms with van der Waals surface area (Å²) < 4.78 is 10.6. The van der Waals surface area contributed by atoms with Gasteiger partial charge in [-0.05, 0) is 36.4 Å². The highest BCUT2D eigenvalue weighted by molar-refractivity contribution is 5.99. The third kappa shape index (κ3) is 3.60. The number of hydrogen-bond acceptors (Lipinski definition) is 4. The van der Waals surface area contributed by atoms with Crippen LogP contribution in [-0.2, 0) is 4.79 Å². The number of aromatic amines is 1. The first kappa shape index (κ1) is 14.9. The molecule has 0 radical (unpaired) electrons. The highest BCUT2D eigenvalue weighted by atomic mass is 16.5. The third-order valence-electron chi connectivity index (χ3n) is 3.39. The van der Waals surface area contributed by atoms with Crippen molar-refractivity contribution in [3.63, 3.8) is 0 Å². The molecule has 1 aromatic heterocycles. The van der Waals surface area contributed by atoms with Crippen molar-refractivity contribution in [1.29, 1.82) is 0 Å². The summed E-state index contributed by atoms with van der Waals surface area (Å²) in [6.45, 7) is 0.292. The predicted molar refractivity (Wildman–Crippen MR) is 87.8 cm³/mol. The maximum atomic E-state index is 12.0. The summed E-state index contributed by atoms with van der Waals surface area (Å²) in [5, 5.41) is 10.7. The van der Waals surface area contributed by atoms with Gasteiger partial charge in [0.25, 0.3) is 0 Å². The molecule has 0 atom stereocenters. The molecule has 0 saturated heterocycles. The van der Waals surface area contributed by atoms with Gasteiger partial charge in [0, 0.05) is 5.39 Å². The summed E-state index contributed by atoms with van der Waals surface area (Å²) >= 11 is 0. The number of fused-ring (bicyclic) bond motifs is 1. The summed E-state index contributed by atoms with van der Waals surface area (Å²) in [4.78, 5) is 12.0.